The van der Waals surface area contributed by atoms with E-state index in [0.29, 0.717) is 33.5 Å². The van der Waals surface area contributed by atoms with Gasteiger partial charge in [-0.3, -0.25) is 9.78 Å². The molecule has 0 bridgehead atoms. The highest BCUT2D eigenvalue weighted by Gasteiger charge is 2.20. The van der Waals surface area contributed by atoms with Crippen molar-refractivity contribution in [3.63, 3.8) is 0 Å². The number of hydrogen-bond donors (Lipinski definition) is 2. The first-order valence-electron chi connectivity index (χ1n) is 9.95. The van der Waals surface area contributed by atoms with Crippen molar-refractivity contribution < 1.29 is 17.6 Å². The van der Waals surface area contributed by atoms with Gasteiger partial charge in [0.05, 0.1) is 35.2 Å². The summed E-state index contributed by atoms with van der Waals surface area (Å²) >= 11 is 0. The van der Waals surface area contributed by atoms with E-state index in [-0.39, 0.29) is 10.8 Å². The number of carbonyl (C=O) groups excluding carboxylic acids is 1. The minimum absolute atomic E-state index is 0.0882. The minimum Gasteiger partial charge on any atom is -0.373 e. The quantitative estimate of drug-likeness (QED) is 0.447. The van der Waals surface area contributed by atoms with E-state index < -0.39 is 21.8 Å². The van der Waals surface area contributed by atoms with Crippen molar-refractivity contribution in [3.05, 3.63) is 71.9 Å². The van der Waals surface area contributed by atoms with Crippen LogP contribution in [0.3, 0.4) is 0 Å². The van der Waals surface area contributed by atoms with Gasteiger partial charge in [0.2, 0.25) is 0 Å². The number of nitrogens with one attached hydrogen (secondary N) is 2. The van der Waals surface area contributed by atoms with Crippen LogP contribution in [0.4, 0.5) is 10.2 Å². The standard InChI is InChI=1S/C22H21FN6O3S/c1-13(14-8-20(24-2)28-21(9-14)33(3,31)32)27-22(30)18-10-25-12-19-17(18)11-26-29(19)16-6-4-15(23)5-7-16/h4-13H,1-3H3,(H,24,28)(H,27,30)/t13-/m0/s1. The lowest BCUT2D eigenvalue weighted by Crippen LogP contribution is -2.27. The Hall–Kier alpha value is -3.86. The van der Waals surface area contributed by atoms with E-state index in [2.05, 4.69) is 25.7 Å². The third-order valence-electron chi connectivity index (χ3n) is 5.12. The summed E-state index contributed by atoms with van der Waals surface area (Å²) < 4.78 is 38.8. The molecule has 1 atom stereocenters. The van der Waals surface area contributed by atoms with Gasteiger partial charge in [-0.25, -0.2) is 22.5 Å². The zero-order valence-electron chi connectivity index (χ0n) is 18.1. The Bertz CT molecular complexity index is 1450. The third-order valence-corrected chi connectivity index (χ3v) is 6.09. The first kappa shape index (κ1) is 22.3. The molecule has 0 saturated heterocycles. The summed E-state index contributed by atoms with van der Waals surface area (Å²) in [5.41, 5.74) is 2.09. The lowest BCUT2D eigenvalue weighted by molar-refractivity contribution is 0.0941. The SMILES string of the molecule is CNc1cc([C@H](C)NC(=O)c2cncc3c2cnn3-c2ccc(F)cc2)cc(S(C)(=O)=O)n1. The van der Waals surface area contributed by atoms with Crippen LogP contribution >= 0.6 is 0 Å². The maximum atomic E-state index is 13.3. The number of anilines is 1. The van der Waals surface area contributed by atoms with Crippen LogP contribution in [-0.2, 0) is 9.84 Å². The van der Waals surface area contributed by atoms with Gasteiger partial charge in [0.25, 0.3) is 5.91 Å². The van der Waals surface area contributed by atoms with Crippen LogP contribution in [0, 0.1) is 5.82 Å². The van der Waals surface area contributed by atoms with Gasteiger partial charge in [0.1, 0.15) is 11.6 Å². The molecule has 11 heteroatoms. The van der Waals surface area contributed by atoms with E-state index in [4.69, 9.17) is 0 Å². The Morgan fingerprint density at radius 3 is 2.52 bits per heavy atom. The summed E-state index contributed by atoms with van der Waals surface area (Å²) in [7, 11) is -1.90. The maximum absolute atomic E-state index is 13.3. The van der Waals surface area contributed by atoms with Crippen molar-refractivity contribution in [2.75, 3.05) is 18.6 Å². The first-order valence-corrected chi connectivity index (χ1v) is 11.8. The topological polar surface area (TPSA) is 119 Å². The van der Waals surface area contributed by atoms with Crippen molar-refractivity contribution in [1.82, 2.24) is 25.1 Å². The van der Waals surface area contributed by atoms with Gasteiger partial charge >= 0.3 is 0 Å². The molecule has 0 aliphatic carbocycles. The second-order valence-electron chi connectivity index (χ2n) is 7.49. The Morgan fingerprint density at radius 1 is 1.12 bits per heavy atom. The number of halogens is 1. The molecule has 9 nitrogen and oxygen atoms in total. The molecule has 0 saturated carbocycles. The fourth-order valence-electron chi connectivity index (χ4n) is 3.36. The lowest BCUT2D eigenvalue weighted by atomic mass is 10.1. The predicted octanol–water partition coefficient (Wildman–Crippen LogP) is 2.89. The van der Waals surface area contributed by atoms with Gasteiger partial charge in [0, 0.05) is 24.9 Å². The zero-order chi connectivity index (χ0) is 23.8. The fourth-order valence-corrected chi connectivity index (χ4v) is 3.98. The van der Waals surface area contributed by atoms with Gasteiger partial charge in [-0.05, 0) is 48.9 Å². The number of fused-ring (bicyclic) bond motifs is 1. The summed E-state index contributed by atoms with van der Waals surface area (Å²) in [5.74, 6) is -0.389. The molecule has 0 unspecified atom stereocenters. The molecule has 1 amide bonds. The van der Waals surface area contributed by atoms with E-state index in [1.54, 1.807) is 49.2 Å². The van der Waals surface area contributed by atoms with Crippen molar-refractivity contribution in [2.45, 2.75) is 18.0 Å². The Balaban J connectivity index is 1.65. The van der Waals surface area contributed by atoms with Crippen molar-refractivity contribution in [1.29, 1.82) is 0 Å². The molecule has 1 aromatic carbocycles. The summed E-state index contributed by atoms with van der Waals surface area (Å²) in [4.78, 5) is 21.3. The van der Waals surface area contributed by atoms with Gasteiger partial charge < -0.3 is 10.6 Å². The Morgan fingerprint density at radius 2 is 1.85 bits per heavy atom. The molecule has 2 N–H and O–H groups in total. The van der Waals surface area contributed by atoms with E-state index >= 15 is 0 Å². The molecular weight excluding hydrogens is 447 g/mol. The monoisotopic (exact) mass is 468 g/mol. The number of sulfone groups is 1. The second kappa shape index (κ2) is 8.58. The van der Waals surface area contributed by atoms with E-state index in [1.165, 1.54) is 24.4 Å². The van der Waals surface area contributed by atoms with E-state index in [0.717, 1.165) is 6.26 Å². The molecule has 4 rings (SSSR count). The zero-order valence-corrected chi connectivity index (χ0v) is 18.9. The number of aromatic nitrogens is 4. The van der Waals surface area contributed by atoms with Gasteiger partial charge in [0.15, 0.2) is 14.9 Å². The van der Waals surface area contributed by atoms with Gasteiger partial charge in [-0.1, -0.05) is 0 Å². The third kappa shape index (κ3) is 4.53. The predicted molar refractivity (Wildman–Crippen MR) is 122 cm³/mol. The second-order valence-corrected chi connectivity index (χ2v) is 9.46. The molecule has 3 aromatic heterocycles. The number of carbonyl (C=O) groups is 1. The van der Waals surface area contributed by atoms with Gasteiger partial charge in [-0.15, -0.1) is 0 Å². The highest BCUT2D eigenvalue weighted by molar-refractivity contribution is 7.90. The van der Waals surface area contributed by atoms with Crippen LogP contribution in [0.2, 0.25) is 0 Å². The maximum Gasteiger partial charge on any atom is 0.254 e. The number of benzene rings is 1. The van der Waals surface area contributed by atoms with Crippen LogP contribution in [0.25, 0.3) is 16.6 Å². The Kier molecular flexibility index (Phi) is 5.81. The molecule has 0 aliphatic rings. The fraction of sp³-hybridized carbons (Fsp3) is 0.182. The minimum atomic E-state index is -3.54. The molecule has 0 spiro atoms. The summed E-state index contributed by atoms with van der Waals surface area (Å²) in [6, 6.07) is 8.41. The first-order chi connectivity index (χ1) is 15.7. The average molecular weight is 469 g/mol. The van der Waals surface area contributed by atoms with Crippen molar-refractivity contribution in [3.8, 4) is 5.69 Å². The smallest absolute Gasteiger partial charge is 0.254 e. The van der Waals surface area contributed by atoms with Crippen LogP contribution in [0.15, 0.2) is 60.0 Å². The van der Waals surface area contributed by atoms with E-state index in [1.807, 2.05) is 0 Å². The Labute approximate surface area is 189 Å². The largest absolute Gasteiger partial charge is 0.373 e. The number of hydrogen-bond acceptors (Lipinski definition) is 7. The van der Waals surface area contributed by atoms with Crippen molar-refractivity contribution >= 4 is 32.5 Å². The van der Waals surface area contributed by atoms with E-state index in [9.17, 15) is 17.6 Å². The summed E-state index contributed by atoms with van der Waals surface area (Å²) in [5, 5.41) is 10.5. The lowest BCUT2D eigenvalue weighted by Gasteiger charge is -2.16. The van der Waals surface area contributed by atoms with Crippen LogP contribution < -0.4 is 10.6 Å². The molecule has 0 aliphatic heterocycles. The summed E-state index contributed by atoms with van der Waals surface area (Å²) in [6.45, 7) is 1.74. The molecule has 170 valence electrons. The molecule has 0 fully saturated rings. The number of pyridine rings is 2. The highest BCUT2D eigenvalue weighted by atomic mass is 32.2. The molecule has 3 heterocycles. The number of amides is 1. The number of nitrogens with zero attached hydrogens (tertiary/aromatic N) is 4. The summed E-state index contributed by atoms with van der Waals surface area (Å²) in [6.07, 6.45) is 5.64. The highest BCUT2D eigenvalue weighted by Crippen LogP contribution is 2.23. The van der Waals surface area contributed by atoms with Crippen LogP contribution in [-0.4, -0.2) is 47.4 Å². The average Bonchev–Trinajstić information content (AvgIpc) is 3.22. The normalized spacial score (nSPS) is 12.5. The molecular formula is C22H21FN6O3S. The van der Waals surface area contributed by atoms with Crippen LogP contribution in [0.1, 0.15) is 28.9 Å². The number of rotatable bonds is 6. The van der Waals surface area contributed by atoms with Gasteiger partial charge in [-0.2, -0.15) is 5.10 Å². The molecule has 33 heavy (non-hydrogen) atoms. The molecule has 4 aromatic rings. The van der Waals surface area contributed by atoms with Crippen LogP contribution in [0.5, 0.6) is 0 Å². The van der Waals surface area contributed by atoms with Crippen molar-refractivity contribution in [2.24, 2.45) is 0 Å². The molecule has 0 radical (unpaired) electrons.